The number of halogens is 3. The Morgan fingerprint density at radius 1 is 1.17 bits per heavy atom. The van der Waals surface area contributed by atoms with Crippen LogP contribution in [0.5, 0.6) is 0 Å². The van der Waals surface area contributed by atoms with Crippen molar-refractivity contribution >= 4 is 22.6 Å². The maximum absolute atomic E-state index is 13.1. The number of rotatable bonds is 8. The first-order chi connectivity index (χ1) is 16.7. The van der Waals surface area contributed by atoms with Crippen LogP contribution >= 0.6 is 0 Å². The molecule has 0 bridgehead atoms. The molecule has 1 amide bonds. The Morgan fingerprint density at radius 3 is 2.51 bits per heavy atom. The van der Waals surface area contributed by atoms with Gasteiger partial charge in [-0.2, -0.15) is 13.2 Å². The van der Waals surface area contributed by atoms with Crippen LogP contribution in [0.4, 0.5) is 19.0 Å². The van der Waals surface area contributed by atoms with Crippen LogP contribution in [0.1, 0.15) is 44.6 Å². The van der Waals surface area contributed by atoms with Crippen molar-refractivity contribution in [3.8, 4) is 0 Å². The van der Waals surface area contributed by atoms with Crippen molar-refractivity contribution in [3.05, 3.63) is 30.1 Å². The lowest BCUT2D eigenvalue weighted by Crippen LogP contribution is -2.63. The van der Waals surface area contributed by atoms with E-state index in [0.717, 1.165) is 31.1 Å². The van der Waals surface area contributed by atoms with E-state index in [9.17, 15) is 18.0 Å². The highest BCUT2D eigenvalue weighted by molar-refractivity contribution is 5.91. The fourth-order valence-electron chi connectivity index (χ4n) is 5.69. The third-order valence-electron chi connectivity index (χ3n) is 7.54. The van der Waals surface area contributed by atoms with Crippen LogP contribution in [0.25, 0.3) is 10.9 Å². The van der Waals surface area contributed by atoms with Gasteiger partial charge in [-0.05, 0) is 70.3 Å². The molecule has 1 aliphatic heterocycles. The van der Waals surface area contributed by atoms with Crippen LogP contribution in [-0.4, -0.2) is 77.5 Å². The molecular formula is C25H35F3N6O. The Morgan fingerprint density at radius 2 is 1.89 bits per heavy atom. The predicted octanol–water partition coefficient (Wildman–Crippen LogP) is 3.76. The quantitative estimate of drug-likeness (QED) is 0.585. The highest BCUT2D eigenvalue weighted by atomic mass is 19.4. The first kappa shape index (κ1) is 25.6. The van der Waals surface area contributed by atoms with Crippen molar-refractivity contribution in [1.29, 1.82) is 0 Å². The zero-order valence-corrected chi connectivity index (χ0v) is 20.6. The molecular weight excluding hydrogens is 457 g/mol. The van der Waals surface area contributed by atoms with Crippen molar-refractivity contribution in [2.24, 2.45) is 5.92 Å². The molecule has 35 heavy (non-hydrogen) atoms. The number of likely N-dealkylation sites (tertiary alicyclic amines) is 1. The molecule has 1 aromatic heterocycles. The number of nitrogens with zero attached hydrogens (tertiary/aromatic N) is 4. The molecule has 0 spiro atoms. The molecule has 2 N–H and O–H groups in total. The van der Waals surface area contributed by atoms with Crippen molar-refractivity contribution in [1.82, 2.24) is 25.1 Å². The van der Waals surface area contributed by atoms with Crippen LogP contribution in [0.2, 0.25) is 0 Å². The molecule has 1 unspecified atom stereocenters. The minimum absolute atomic E-state index is 0.0626. The number of fused-ring (bicyclic) bond motifs is 1. The molecule has 0 radical (unpaired) electrons. The van der Waals surface area contributed by atoms with Gasteiger partial charge in [-0.1, -0.05) is 6.92 Å². The van der Waals surface area contributed by atoms with Crippen molar-refractivity contribution in [2.75, 3.05) is 39.0 Å². The third kappa shape index (κ3) is 6.03. The molecule has 2 fully saturated rings. The summed E-state index contributed by atoms with van der Waals surface area (Å²) in [5.74, 6) is 0.777. The largest absolute Gasteiger partial charge is 0.416 e. The smallest absolute Gasteiger partial charge is 0.360 e. The molecule has 1 atom stereocenters. The number of hydrogen-bond donors (Lipinski definition) is 2. The van der Waals surface area contributed by atoms with Gasteiger partial charge in [0.15, 0.2) is 0 Å². The second kappa shape index (κ2) is 10.7. The average Bonchev–Trinajstić information content (AvgIpc) is 2.79. The van der Waals surface area contributed by atoms with E-state index >= 15 is 0 Å². The number of amides is 1. The van der Waals surface area contributed by atoms with Gasteiger partial charge >= 0.3 is 6.18 Å². The van der Waals surface area contributed by atoms with E-state index in [-0.39, 0.29) is 29.7 Å². The molecule has 7 nitrogen and oxygen atoms in total. The Balaban J connectivity index is 1.23. The lowest BCUT2D eigenvalue weighted by atomic mass is 9.79. The molecule has 1 aliphatic carbocycles. The number of carbonyl (C=O) groups excluding carboxylic acids is 1. The van der Waals surface area contributed by atoms with Gasteiger partial charge in [0.1, 0.15) is 12.1 Å². The Hall–Kier alpha value is -2.46. The Labute approximate surface area is 204 Å². The van der Waals surface area contributed by atoms with Crippen molar-refractivity contribution in [2.45, 2.75) is 63.3 Å². The molecule has 2 aliphatic rings. The van der Waals surface area contributed by atoms with Gasteiger partial charge in [-0.3, -0.25) is 9.69 Å². The van der Waals surface area contributed by atoms with Crippen molar-refractivity contribution < 1.29 is 18.0 Å². The van der Waals surface area contributed by atoms with E-state index in [0.29, 0.717) is 17.6 Å². The van der Waals surface area contributed by atoms with Gasteiger partial charge in [-0.15, -0.1) is 0 Å². The van der Waals surface area contributed by atoms with E-state index in [2.05, 4.69) is 51.4 Å². The maximum atomic E-state index is 13.1. The number of hydrogen-bond acceptors (Lipinski definition) is 6. The van der Waals surface area contributed by atoms with Crippen LogP contribution in [0.15, 0.2) is 24.5 Å². The average molecular weight is 493 g/mol. The number of carbonyl (C=O) groups is 1. The predicted molar refractivity (Wildman–Crippen MR) is 130 cm³/mol. The lowest BCUT2D eigenvalue weighted by molar-refractivity contribution is -0.137. The maximum Gasteiger partial charge on any atom is 0.416 e. The zero-order valence-electron chi connectivity index (χ0n) is 20.6. The number of alkyl halides is 3. The summed E-state index contributed by atoms with van der Waals surface area (Å²) in [6, 6.07) is 4.66. The van der Waals surface area contributed by atoms with Crippen LogP contribution in [0, 0.1) is 5.92 Å². The summed E-state index contributed by atoms with van der Waals surface area (Å²) >= 11 is 0. The van der Waals surface area contributed by atoms with E-state index < -0.39 is 11.7 Å². The van der Waals surface area contributed by atoms with Gasteiger partial charge in [0.2, 0.25) is 5.91 Å². The molecule has 1 saturated heterocycles. The van der Waals surface area contributed by atoms with E-state index in [1.165, 1.54) is 44.5 Å². The third-order valence-corrected chi connectivity index (χ3v) is 7.54. The monoisotopic (exact) mass is 492 g/mol. The molecule has 1 saturated carbocycles. The zero-order chi connectivity index (χ0) is 25.2. The molecule has 2 heterocycles. The molecule has 10 heteroatoms. The first-order valence-corrected chi connectivity index (χ1v) is 12.4. The summed E-state index contributed by atoms with van der Waals surface area (Å²) in [5.41, 5.74) is -0.390. The highest BCUT2D eigenvalue weighted by Crippen LogP contribution is 2.34. The second-order valence-electron chi connectivity index (χ2n) is 10.0. The number of nitrogens with one attached hydrogen (secondary N) is 2. The van der Waals surface area contributed by atoms with Gasteiger partial charge in [0.05, 0.1) is 23.7 Å². The van der Waals surface area contributed by atoms with Gasteiger partial charge in [-0.25, -0.2) is 9.97 Å². The minimum Gasteiger partial charge on any atom is -0.360 e. The van der Waals surface area contributed by atoms with Crippen LogP contribution < -0.4 is 10.6 Å². The van der Waals surface area contributed by atoms with Gasteiger partial charge in [0.25, 0.3) is 0 Å². The number of benzene rings is 1. The SMILES string of the molecule is CCC(C1CCC(N2CC(NC(=O)CNc3ncnc4ccc(C(F)(F)F)cc34)C2)CC1)N(C)C. The fourth-order valence-corrected chi connectivity index (χ4v) is 5.69. The number of aromatic nitrogens is 2. The number of anilines is 1. The van der Waals surface area contributed by atoms with Crippen LogP contribution in [-0.2, 0) is 11.0 Å². The first-order valence-electron chi connectivity index (χ1n) is 12.4. The standard InChI is InChI=1S/C25H35F3N6O/c1-4-22(33(2)3)16-5-8-19(9-6-16)34-13-18(14-34)32-23(35)12-29-24-20-11-17(25(26,27)28)7-10-21(20)30-15-31-24/h7,10-11,15-16,18-19,22H,4-6,8-9,12-14H2,1-3H3,(H,32,35)(H,29,30,31). The molecule has 4 rings (SSSR count). The molecule has 1 aromatic carbocycles. The summed E-state index contributed by atoms with van der Waals surface area (Å²) in [7, 11) is 4.34. The van der Waals surface area contributed by atoms with E-state index in [1.807, 2.05) is 0 Å². The Kier molecular flexibility index (Phi) is 7.80. The second-order valence-corrected chi connectivity index (χ2v) is 10.0. The summed E-state index contributed by atoms with van der Waals surface area (Å²) < 4.78 is 39.3. The lowest BCUT2D eigenvalue weighted by Gasteiger charge is -2.47. The molecule has 2 aromatic rings. The normalized spacial score (nSPS) is 22.7. The fraction of sp³-hybridized carbons (Fsp3) is 0.640. The minimum atomic E-state index is -4.46. The van der Waals surface area contributed by atoms with Gasteiger partial charge < -0.3 is 15.5 Å². The molecule has 192 valence electrons. The van der Waals surface area contributed by atoms with E-state index in [1.54, 1.807) is 0 Å². The summed E-state index contributed by atoms with van der Waals surface area (Å²) in [6.07, 6.45) is 2.91. The van der Waals surface area contributed by atoms with E-state index in [4.69, 9.17) is 0 Å². The Bertz CT molecular complexity index is 1020. The summed E-state index contributed by atoms with van der Waals surface area (Å²) in [6.45, 7) is 3.89. The summed E-state index contributed by atoms with van der Waals surface area (Å²) in [4.78, 5) is 25.3. The van der Waals surface area contributed by atoms with Crippen molar-refractivity contribution in [3.63, 3.8) is 0 Å². The summed E-state index contributed by atoms with van der Waals surface area (Å²) in [5, 5.41) is 6.13. The van der Waals surface area contributed by atoms with Gasteiger partial charge in [0, 0.05) is 30.6 Å². The van der Waals surface area contributed by atoms with Crippen LogP contribution in [0.3, 0.4) is 0 Å². The topological polar surface area (TPSA) is 73.4 Å². The highest BCUT2D eigenvalue weighted by Gasteiger charge is 2.36.